The molecule has 0 saturated heterocycles. The summed E-state index contributed by atoms with van der Waals surface area (Å²) in [5, 5.41) is 5.18. The summed E-state index contributed by atoms with van der Waals surface area (Å²) in [6.45, 7) is 2.05. The Labute approximate surface area is 162 Å². The van der Waals surface area contributed by atoms with Crippen LogP contribution in [0.3, 0.4) is 0 Å². The van der Waals surface area contributed by atoms with E-state index in [0.29, 0.717) is 17.2 Å². The van der Waals surface area contributed by atoms with Crippen LogP contribution < -0.4 is 5.32 Å². The Hall–Kier alpha value is -2.92. The summed E-state index contributed by atoms with van der Waals surface area (Å²) in [6.07, 6.45) is 0.286. The van der Waals surface area contributed by atoms with Crippen molar-refractivity contribution in [3.8, 4) is 0 Å². The van der Waals surface area contributed by atoms with Crippen LogP contribution in [0.15, 0.2) is 72.1 Å². The molecule has 5 heteroatoms. The van der Waals surface area contributed by atoms with Gasteiger partial charge in [0.25, 0.3) is 0 Å². The van der Waals surface area contributed by atoms with E-state index < -0.39 is 5.97 Å². The van der Waals surface area contributed by atoms with Gasteiger partial charge in [0.15, 0.2) is 0 Å². The molecule has 3 aromatic rings. The van der Waals surface area contributed by atoms with Crippen molar-refractivity contribution in [1.82, 2.24) is 0 Å². The van der Waals surface area contributed by atoms with Gasteiger partial charge in [-0.1, -0.05) is 60.7 Å². The summed E-state index contributed by atoms with van der Waals surface area (Å²) in [4.78, 5) is 24.8. The number of nitrogens with one attached hydrogen (secondary N) is 1. The van der Waals surface area contributed by atoms with Crippen molar-refractivity contribution < 1.29 is 14.3 Å². The molecule has 0 spiro atoms. The van der Waals surface area contributed by atoms with Crippen LogP contribution in [0, 0.1) is 0 Å². The first-order valence-electron chi connectivity index (χ1n) is 8.83. The van der Waals surface area contributed by atoms with Crippen LogP contribution in [0.2, 0.25) is 0 Å². The second-order valence-corrected chi connectivity index (χ2v) is 6.93. The fourth-order valence-corrected chi connectivity index (χ4v) is 3.73. The van der Waals surface area contributed by atoms with E-state index in [4.69, 9.17) is 4.74 Å². The van der Waals surface area contributed by atoms with Crippen molar-refractivity contribution in [2.24, 2.45) is 0 Å². The maximum atomic E-state index is 12.7. The highest BCUT2D eigenvalue weighted by atomic mass is 32.1. The second kappa shape index (κ2) is 9.14. The Balaban J connectivity index is 1.78. The van der Waals surface area contributed by atoms with Crippen molar-refractivity contribution in [2.45, 2.75) is 19.3 Å². The van der Waals surface area contributed by atoms with Crippen LogP contribution in [0.4, 0.5) is 5.00 Å². The van der Waals surface area contributed by atoms with Gasteiger partial charge in [-0.15, -0.1) is 11.3 Å². The van der Waals surface area contributed by atoms with Crippen LogP contribution in [-0.2, 0) is 9.53 Å². The standard InChI is InChI=1S/C22H21NO3S/c1-2-26-22(25)18-13-14-27-21(18)23-20(24)15-19(16-9-5-3-6-10-16)17-11-7-4-8-12-17/h3-14,19H,2,15H2,1H3,(H,23,24). The van der Waals surface area contributed by atoms with Gasteiger partial charge in [-0.05, 0) is 29.5 Å². The molecule has 3 rings (SSSR count). The highest BCUT2D eigenvalue weighted by molar-refractivity contribution is 7.14. The van der Waals surface area contributed by atoms with Crippen LogP contribution >= 0.6 is 11.3 Å². The summed E-state index contributed by atoms with van der Waals surface area (Å²) < 4.78 is 5.04. The highest BCUT2D eigenvalue weighted by Gasteiger charge is 2.21. The van der Waals surface area contributed by atoms with Crippen LogP contribution in [0.1, 0.15) is 40.7 Å². The number of anilines is 1. The van der Waals surface area contributed by atoms with Gasteiger partial charge in [0.1, 0.15) is 5.00 Å². The average Bonchev–Trinajstić information content (AvgIpc) is 3.16. The van der Waals surface area contributed by atoms with Gasteiger partial charge in [-0.3, -0.25) is 4.79 Å². The fraction of sp³-hybridized carbons (Fsp3) is 0.182. The predicted octanol–water partition coefficient (Wildman–Crippen LogP) is 5.09. The lowest BCUT2D eigenvalue weighted by molar-refractivity contribution is -0.116. The smallest absolute Gasteiger partial charge is 0.341 e. The van der Waals surface area contributed by atoms with E-state index in [9.17, 15) is 9.59 Å². The molecule has 2 aromatic carbocycles. The normalized spacial score (nSPS) is 10.6. The molecule has 0 atom stereocenters. The van der Waals surface area contributed by atoms with Gasteiger partial charge < -0.3 is 10.1 Å². The first kappa shape index (κ1) is 18.9. The molecule has 138 valence electrons. The van der Waals surface area contributed by atoms with Gasteiger partial charge in [0.05, 0.1) is 12.2 Å². The zero-order valence-electron chi connectivity index (χ0n) is 15.1. The van der Waals surface area contributed by atoms with Crippen molar-refractivity contribution in [2.75, 3.05) is 11.9 Å². The van der Waals surface area contributed by atoms with E-state index in [1.165, 1.54) is 11.3 Å². The summed E-state index contributed by atoms with van der Waals surface area (Å²) in [5.41, 5.74) is 2.55. The molecule has 0 fully saturated rings. The zero-order valence-corrected chi connectivity index (χ0v) is 15.9. The molecule has 27 heavy (non-hydrogen) atoms. The maximum absolute atomic E-state index is 12.7. The van der Waals surface area contributed by atoms with Crippen LogP contribution in [0.5, 0.6) is 0 Å². The molecule has 4 nitrogen and oxygen atoms in total. The number of carbonyl (C=O) groups excluding carboxylic acids is 2. The molecule has 0 aliphatic carbocycles. The zero-order chi connectivity index (χ0) is 19.1. The quantitative estimate of drug-likeness (QED) is 0.582. The molecule has 1 amide bonds. The predicted molar refractivity (Wildman–Crippen MR) is 108 cm³/mol. The van der Waals surface area contributed by atoms with Crippen molar-refractivity contribution in [3.63, 3.8) is 0 Å². The number of carbonyl (C=O) groups is 2. The SMILES string of the molecule is CCOC(=O)c1ccsc1NC(=O)CC(c1ccccc1)c1ccccc1. The van der Waals surface area contributed by atoms with E-state index >= 15 is 0 Å². The van der Waals surface area contributed by atoms with Crippen LogP contribution in [0.25, 0.3) is 0 Å². The number of hydrogen-bond acceptors (Lipinski definition) is 4. The van der Waals surface area contributed by atoms with Crippen LogP contribution in [-0.4, -0.2) is 18.5 Å². The summed E-state index contributed by atoms with van der Waals surface area (Å²) in [6, 6.07) is 21.6. The van der Waals surface area contributed by atoms with Crippen molar-refractivity contribution >= 4 is 28.2 Å². The maximum Gasteiger partial charge on any atom is 0.341 e. The lowest BCUT2D eigenvalue weighted by Crippen LogP contribution is -2.17. The topological polar surface area (TPSA) is 55.4 Å². The molecule has 0 saturated carbocycles. The summed E-state index contributed by atoms with van der Waals surface area (Å²) in [7, 11) is 0. The molecule has 1 N–H and O–H groups in total. The number of amides is 1. The Bertz CT molecular complexity index is 851. The fourth-order valence-electron chi connectivity index (χ4n) is 2.94. The minimum Gasteiger partial charge on any atom is -0.462 e. The molecular formula is C22H21NO3S. The number of benzene rings is 2. The first-order valence-corrected chi connectivity index (χ1v) is 9.71. The minimum atomic E-state index is -0.420. The van der Waals surface area contributed by atoms with E-state index in [1.807, 2.05) is 60.7 Å². The van der Waals surface area contributed by atoms with Gasteiger partial charge in [0, 0.05) is 12.3 Å². The molecular weight excluding hydrogens is 358 g/mol. The lowest BCUT2D eigenvalue weighted by Gasteiger charge is -2.18. The molecule has 0 aliphatic rings. The molecule has 0 aliphatic heterocycles. The number of esters is 1. The summed E-state index contributed by atoms with van der Waals surface area (Å²) >= 11 is 1.32. The lowest BCUT2D eigenvalue weighted by atomic mass is 9.88. The third-order valence-corrected chi connectivity index (χ3v) is 5.04. The number of thiophene rings is 1. The third-order valence-electron chi connectivity index (χ3n) is 4.21. The summed E-state index contributed by atoms with van der Waals surface area (Å²) in [5.74, 6) is -0.615. The second-order valence-electron chi connectivity index (χ2n) is 6.01. The molecule has 1 aromatic heterocycles. The number of hydrogen-bond donors (Lipinski definition) is 1. The van der Waals surface area contributed by atoms with Crippen molar-refractivity contribution in [1.29, 1.82) is 0 Å². The molecule has 0 radical (unpaired) electrons. The molecule has 0 bridgehead atoms. The van der Waals surface area contributed by atoms with Gasteiger partial charge in [-0.2, -0.15) is 0 Å². The Kier molecular flexibility index (Phi) is 6.39. The monoisotopic (exact) mass is 379 g/mol. The largest absolute Gasteiger partial charge is 0.462 e. The van der Waals surface area contributed by atoms with E-state index in [0.717, 1.165) is 11.1 Å². The van der Waals surface area contributed by atoms with E-state index in [1.54, 1.807) is 18.4 Å². The van der Waals surface area contributed by atoms with E-state index in [2.05, 4.69) is 5.32 Å². The Morgan fingerprint density at radius 2 is 1.56 bits per heavy atom. The van der Waals surface area contributed by atoms with E-state index in [-0.39, 0.29) is 18.2 Å². The average molecular weight is 379 g/mol. The van der Waals surface area contributed by atoms with Gasteiger partial charge in [0.2, 0.25) is 5.91 Å². The van der Waals surface area contributed by atoms with Gasteiger partial charge >= 0.3 is 5.97 Å². The van der Waals surface area contributed by atoms with Gasteiger partial charge in [-0.25, -0.2) is 4.79 Å². The Morgan fingerprint density at radius 1 is 0.963 bits per heavy atom. The third kappa shape index (κ3) is 4.83. The first-order chi connectivity index (χ1) is 13.2. The number of ether oxygens (including phenoxy) is 1. The minimum absolute atomic E-state index is 0.0570. The molecule has 1 heterocycles. The number of rotatable bonds is 7. The Morgan fingerprint density at radius 3 is 2.11 bits per heavy atom. The highest BCUT2D eigenvalue weighted by Crippen LogP contribution is 2.30. The van der Waals surface area contributed by atoms with Crippen molar-refractivity contribution in [3.05, 3.63) is 88.8 Å². The molecule has 0 unspecified atom stereocenters.